The summed E-state index contributed by atoms with van der Waals surface area (Å²) in [5.74, 6) is 0. The van der Waals surface area contributed by atoms with Crippen LogP contribution in [0.15, 0.2) is 24.3 Å². The molecule has 0 radical (unpaired) electrons. The predicted octanol–water partition coefficient (Wildman–Crippen LogP) is 4.23. The molecule has 0 atom stereocenters. The van der Waals surface area contributed by atoms with Crippen molar-refractivity contribution in [2.45, 2.75) is 47.0 Å². The van der Waals surface area contributed by atoms with Crippen LogP contribution in [0.3, 0.4) is 0 Å². The van der Waals surface area contributed by atoms with Gasteiger partial charge in [0.05, 0.1) is 0 Å². The first-order valence-corrected chi connectivity index (χ1v) is 5.53. The molecule has 0 aromatic heterocycles. The van der Waals surface area contributed by atoms with E-state index in [1.165, 1.54) is 19.3 Å². The Morgan fingerprint density at radius 3 is 1.54 bits per heavy atom. The van der Waals surface area contributed by atoms with Crippen molar-refractivity contribution in [3.8, 4) is 0 Å². The van der Waals surface area contributed by atoms with Gasteiger partial charge in [-0.1, -0.05) is 52.0 Å². The largest absolute Gasteiger partial charge is 0.0683 e. The maximum atomic E-state index is 2.24. The van der Waals surface area contributed by atoms with Gasteiger partial charge in [-0.25, -0.2) is 0 Å². The molecule has 0 spiro atoms. The lowest BCUT2D eigenvalue weighted by Crippen LogP contribution is -1.77. The summed E-state index contributed by atoms with van der Waals surface area (Å²) < 4.78 is 0. The van der Waals surface area contributed by atoms with Gasteiger partial charge in [0.2, 0.25) is 0 Å². The summed E-state index contributed by atoms with van der Waals surface area (Å²) in [6.45, 7) is 8.00. The molecule has 13 heavy (non-hydrogen) atoms. The van der Waals surface area contributed by atoms with Crippen LogP contribution in [-0.4, -0.2) is 0 Å². The van der Waals surface area contributed by atoms with Crippen molar-refractivity contribution in [1.29, 1.82) is 0 Å². The highest BCUT2D eigenvalue weighted by molar-refractivity contribution is 5.30. The monoisotopic (exact) mass is 178 g/mol. The molecule has 0 bridgehead atoms. The summed E-state index contributed by atoms with van der Waals surface area (Å²) in [5, 5.41) is 0. The van der Waals surface area contributed by atoms with E-state index < -0.39 is 0 Å². The summed E-state index contributed by atoms with van der Waals surface area (Å²) in [6.07, 6.45) is 3.96. The van der Waals surface area contributed by atoms with E-state index in [2.05, 4.69) is 24.3 Å². The molecule has 1 aliphatic carbocycles. The zero-order chi connectivity index (χ0) is 10.1. The van der Waals surface area contributed by atoms with E-state index >= 15 is 0 Å². The number of hydrogen-bond donors (Lipinski definition) is 0. The third-order valence-corrected chi connectivity index (χ3v) is 2.01. The second-order valence-corrected chi connectivity index (χ2v) is 2.62. The van der Waals surface area contributed by atoms with Gasteiger partial charge in [0.25, 0.3) is 0 Å². The smallest absolute Gasteiger partial charge is 0.0273 e. The van der Waals surface area contributed by atoms with Crippen LogP contribution in [0, 0.1) is 0 Å². The highest BCUT2D eigenvalue weighted by atomic mass is 14.1. The minimum absolute atomic E-state index is 1.30. The zero-order valence-corrected chi connectivity index (χ0v) is 9.43. The Balaban J connectivity index is 0.000000322. The molecule has 1 aromatic rings. The maximum Gasteiger partial charge on any atom is -0.0273 e. The van der Waals surface area contributed by atoms with Gasteiger partial charge < -0.3 is 0 Å². The fraction of sp³-hybridized carbons (Fsp3) is 0.538. The summed E-state index contributed by atoms with van der Waals surface area (Å²) in [6, 6.07) is 8.74. The molecule has 0 heterocycles. The van der Waals surface area contributed by atoms with Crippen molar-refractivity contribution in [1.82, 2.24) is 0 Å². The first-order chi connectivity index (χ1) is 6.47. The van der Waals surface area contributed by atoms with Crippen LogP contribution in [0.25, 0.3) is 0 Å². The van der Waals surface area contributed by atoms with Gasteiger partial charge in [-0.3, -0.25) is 0 Å². The Morgan fingerprint density at radius 2 is 1.15 bits per heavy atom. The van der Waals surface area contributed by atoms with Crippen LogP contribution in [0.5, 0.6) is 0 Å². The minimum Gasteiger partial charge on any atom is -0.0683 e. The van der Waals surface area contributed by atoms with E-state index in [1.807, 2.05) is 27.7 Å². The van der Waals surface area contributed by atoms with Crippen molar-refractivity contribution >= 4 is 0 Å². The van der Waals surface area contributed by atoms with Gasteiger partial charge in [-0.05, 0) is 30.4 Å². The molecule has 0 nitrogen and oxygen atoms in total. The van der Waals surface area contributed by atoms with Crippen molar-refractivity contribution in [3.05, 3.63) is 35.4 Å². The molecule has 2 rings (SSSR count). The van der Waals surface area contributed by atoms with Crippen LogP contribution in [0.4, 0.5) is 0 Å². The number of fused-ring (bicyclic) bond motifs is 1. The van der Waals surface area contributed by atoms with Gasteiger partial charge in [0.15, 0.2) is 0 Å². The molecule has 0 heteroatoms. The second-order valence-electron chi connectivity index (χ2n) is 2.62. The van der Waals surface area contributed by atoms with E-state index in [0.717, 1.165) is 0 Å². The molecule has 0 saturated carbocycles. The average molecular weight is 178 g/mol. The van der Waals surface area contributed by atoms with E-state index in [0.29, 0.717) is 0 Å². The lowest BCUT2D eigenvalue weighted by atomic mass is 10.1. The van der Waals surface area contributed by atoms with Crippen LogP contribution in [-0.2, 0) is 12.8 Å². The van der Waals surface area contributed by atoms with Crippen molar-refractivity contribution in [3.63, 3.8) is 0 Å². The number of aryl methyl sites for hydroxylation is 2. The average Bonchev–Trinajstić information content (AvgIpc) is 2.71. The molecule has 0 unspecified atom stereocenters. The lowest BCUT2D eigenvalue weighted by Gasteiger charge is -1.93. The van der Waals surface area contributed by atoms with Crippen molar-refractivity contribution in [2.24, 2.45) is 0 Å². The number of hydrogen-bond acceptors (Lipinski definition) is 0. The fourth-order valence-electron chi connectivity index (χ4n) is 1.51. The molecule has 0 N–H and O–H groups in total. The Kier molecular flexibility index (Phi) is 7.38. The van der Waals surface area contributed by atoms with Gasteiger partial charge in [-0.15, -0.1) is 0 Å². The maximum absolute atomic E-state index is 2.24. The van der Waals surface area contributed by atoms with E-state index in [9.17, 15) is 0 Å². The number of rotatable bonds is 0. The van der Waals surface area contributed by atoms with Crippen LogP contribution >= 0.6 is 0 Å². The highest BCUT2D eigenvalue weighted by Gasteiger charge is 2.07. The van der Waals surface area contributed by atoms with Gasteiger partial charge in [0.1, 0.15) is 0 Å². The highest BCUT2D eigenvalue weighted by Crippen LogP contribution is 2.20. The van der Waals surface area contributed by atoms with Gasteiger partial charge in [0, 0.05) is 0 Å². The summed E-state index contributed by atoms with van der Waals surface area (Å²) in [7, 11) is 0. The third-order valence-electron chi connectivity index (χ3n) is 2.01. The Hall–Kier alpha value is -0.780. The first-order valence-electron chi connectivity index (χ1n) is 5.53. The van der Waals surface area contributed by atoms with Crippen LogP contribution in [0.1, 0.15) is 45.2 Å². The van der Waals surface area contributed by atoms with Gasteiger partial charge in [-0.2, -0.15) is 0 Å². The summed E-state index contributed by atoms with van der Waals surface area (Å²) in [5.41, 5.74) is 3.13. The molecular formula is C13H22. The third kappa shape index (κ3) is 3.63. The summed E-state index contributed by atoms with van der Waals surface area (Å²) >= 11 is 0. The van der Waals surface area contributed by atoms with E-state index in [4.69, 9.17) is 0 Å². The minimum atomic E-state index is 1.30. The Morgan fingerprint density at radius 1 is 0.769 bits per heavy atom. The van der Waals surface area contributed by atoms with Gasteiger partial charge >= 0.3 is 0 Å². The lowest BCUT2D eigenvalue weighted by molar-refractivity contribution is 0.912. The molecule has 1 aliphatic rings. The van der Waals surface area contributed by atoms with E-state index in [-0.39, 0.29) is 0 Å². The molecule has 1 aromatic carbocycles. The first kappa shape index (κ1) is 12.2. The zero-order valence-electron chi connectivity index (χ0n) is 9.43. The van der Waals surface area contributed by atoms with E-state index in [1.54, 1.807) is 11.1 Å². The molecule has 0 saturated heterocycles. The van der Waals surface area contributed by atoms with Crippen molar-refractivity contribution < 1.29 is 0 Å². The molecular weight excluding hydrogens is 156 g/mol. The fourth-order valence-corrected chi connectivity index (χ4v) is 1.51. The molecule has 0 fully saturated rings. The second kappa shape index (κ2) is 7.85. The normalized spacial score (nSPS) is 11.7. The standard InChI is InChI=1S/C9H10.2C2H6/c1-2-5-9-7-3-6-8(9)4-1;2*1-2/h1-2,4-5H,3,6-7H2;2*1-2H3. The predicted molar refractivity (Wildman–Crippen MR) is 61.2 cm³/mol. The van der Waals surface area contributed by atoms with Crippen LogP contribution in [0.2, 0.25) is 0 Å². The Bertz CT molecular complexity index is 190. The quantitative estimate of drug-likeness (QED) is 0.558. The Labute approximate surface area is 83.0 Å². The number of benzene rings is 1. The summed E-state index contributed by atoms with van der Waals surface area (Å²) in [4.78, 5) is 0. The molecule has 74 valence electrons. The SMILES string of the molecule is CC.CC.c1ccc2c(c1)CCC2. The molecule has 0 amide bonds. The molecule has 0 aliphatic heterocycles. The van der Waals surface area contributed by atoms with Crippen molar-refractivity contribution in [2.75, 3.05) is 0 Å². The topological polar surface area (TPSA) is 0 Å². The van der Waals surface area contributed by atoms with Crippen LogP contribution < -0.4 is 0 Å².